The number of allylic oxidation sites excluding steroid dienone is 4. The highest BCUT2D eigenvalue weighted by Gasteiger charge is 2.03. The monoisotopic (exact) mass is 214 g/mol. The van der Waals surface area contributed by atoms with Crippen LogP contribution < -0.4 is 0 Å². The smallest absolute Gasteiger partial charge is 0.125 e. The molecule has 0 unspecified atom stereocenters. The van der Waals surface area contributed by atoms with Gasteiger partial charge in [-0.15, -0.1) is 13.2 Å². The Morgan fingerprint density at radius 1 is 1.25 bits per heavy atom. The van der Waals surface area contributed by atoms with Gasteiger partial charge in [0.15, 0.2) is 0 Å². The number of hydrogen-bond donors (Lipinski definition) is 0. The maximum atomic E-state index is 4.36. The van der Waals surface area contributed by atoms with Crippen molar-refractivity contribution in [3.63, 3.8) is 0 Å². The average Bonchev–Trinajstić information content (AvgIpc) is 2.32. The lowest BCUT2D eigenvalue weighted by atomic mass is 10.1. The molecule has 0 atom stereocenters. The Morgan fingerprint density at radius 3 is 2.38 bits per heavy atom. The zero-order valence-corrected chi connectivity index (χ0v) is 10.0. The van der Waals surface area contributed by atoms with Gasteiger partial charge in [0.2, 0.25) is 0 Å². The molecule has 0 saturated carbocycles. The van der Waals surface area contributed by atoms with E-state index in [-0.39, 0.29) is 0 Å². The molecule has 1 aromatic heterocycles. The van der Waals surface area contributed by atoms with Gasteiger partial charge in [-0.1, -0.05) is 31.4 Å². The summed E-state index contributed by atoms with van der Waals surface area (Å²) in [5.74, 6) is 0.766. The summed E-state index contributed by atoms with van der Waals surface area (Å²) < 4.78 is 0. The molecule has 0 aromatic carbocycles. The molecule has 0 spiro atoms. The van der Waals surface area contributed by atoms with E-state index in [0.29, 0.717) is 0 Å². The molecule has 0 radical (unpaired) electrons. The maximum Gasteiger partial charge on any atom is 0.125 e. The predicted molar refractivity (Wildman–Crippen MR) is 71.1 cm³/mol. The van der Waals surface area contributed by atoms with Crippen LogP contribution in [0.3, 0.4) is 0 Å². The largest absolute Gasteiger partial charge is 0.241 e. The number of rotatable bonds is 3. The van der Waals surface area contributed by atoms with E-state index in [2.05, 4.69) is 36.3 Å². The minimum Gasteiger partial charge on any atom is -0.241 e. The molecule has 0 aliphatic rings. The molecule has 0 fully saturated rings. The number of aromatic nitrogens is 2. The third-order valence-corrected chi connectivity index (χ3v) is 1.88. The molecular weight excluding hydrogens is 196 g/mol. The minimum atomic E-state index is 0.766. The lowest BCUT2D eigenvalue weighted by Gasteiger charge is -2.05. The summed E-state index contributed by atoms with van der Waals surface area (Å²) in [5.41, 5.74) is 2.94. The van der Waals surface area contributed by atoms with Crippen molar-refractivity contribution in [2.75, 3.05) is 0 Å². The van der Waals surface area contributed by atoms with Crippen molar-refractivity contribution < 1.29 is 0 Å². The van der Waals surface area contributed by atoms with Crippen molar-refractivity contribution in [1.82, 2.24) is 9.97 Å². The van der Waals surface area contributed by atoms with E-state index in [1.54, 1.807) is 12.2 Å². The highest BCUT2D eigenvalue weighted by atomic mass is 14.9. The summed E-state index contributed by atoms with van der Waals surface area (Å²) in [5, 5.41) is 0. The van der Waals surface area contributed by atoms with Crippen LogP contribution >= 0.6 is 0 Å². The average molecular weight is 214 g/mol. The fourth-order valence-corrected chi connectivity index (χ4v) is 1.19. The molecular formula is C14H18N2. The van der Waals surface area contributed by atoms with Crippen molar-refractivity contribution >= 4 is 5.57 Å². The summed E-state index contributed by atoms with van der Waals surface area (Å²) in [6.45, 7) is 17.3. The van der Waals surface area contributed by atoms with Crippen LogP contribution in [-0.2, 0) is 0 Å². The number of hydrogen-bond acceptors (Lipinski definition) is 2. The first kappa shape index (κ1) is 14.0. The third-order valence-electron chi connectivity index (χ3n) is 1.88. The first-order valence-corrected chi connectivity index (χ1v) is 4.94. The summed E-state index contributed by atoms with van der Waals surface area (Å²) >= 11 is 0. The Kier molecular flexibility index (Phi) is 6.45. The molecule has 1 rings (SSSR count). The van der Waals surface area contributed by atoms with Gasteiger partial charge in [0.1, 0.15) is 5.82 Å². The van der Waals surface area contributed by atoms with Crippen molar-refractivity contribution in [3.8, 4) is 0 Å². The molecule has 1 heterocycles. The third kappa shape index (κ3) is 3.65. The Bertz CT molecular complexity index is 403. The molecule has 0 aliphatic heterocycles. The fourth-order valence-electron chi connectivity index (χ4n) is 1.19. The summed E-state index contributed by atoms with van der Waals surface area (Å²) in [7, 11) is 0. The van der Waals surface area contributed by atoms with Crippen molar-refractivity contribution in [3.05, 3.63) is 67.8 Å². The maximum absolute atomic E-state index is 4.36. The quantitative estimate of drug-likeness (QED) is 0.567. The van der Waals surface area contributed by atoms with Crippen LogP contribution in [0.4, 0.5) is 0 Å². The fraction of sp³-hybridized carbons (Fsp3) is 0.143. The first-order valence-electron chi connectivity index (χ1n) is 4.94. The van der Waals surface area contributed by atoms with Gasteiger partial charge in [0.25, 0.3) is 0 Å². The van der Waals surface area contributed by atoms with Crippen molar-refractivity contribution in [2.45, 2.75) is 13.8 Å². The summed E-state index contributed by atoms with van der Waals surface area (Å²) in [6.07, 6.45) is 7.21. The SMILES string of the molecule is C=C.C=C/C=C(\C=C)c1nc(C)ncc1C. The van der Waals surface area contributed by atoms with E-state index in [9.17, 15) is 0 Å². The lowest BCUT2D eigenvalue weighted by molar-refractivity contribution is 1.01. The summed E-state index contributed by atoms with van der Waals surface area (Å²) in [4.78, 5) is 8.48. The van der Waals surface area contributed by atoms with Gasteiger partial charge < -0.3 is 0 Å². The zero-order valence-electron chi connectivity index (χ0n) is 10.0. The van der Waals surface area contributed by atoms with E-state index in [1.807, 2.05) is 26.1 Å². The predicted octanol–water partition coefficient (Wildman–Crippen LogP) is 3.65. The molecule has 0 aliphatic carbocycles. The topological polar surface area (TPSA) is 25.8 Å². The van der Waals surface area contributed by atoms with E-state index in [4.69, 9.17) is 0 Å². The molecule has 2 nitrogen and oxygen atoms in total. The van der Waals surface area contributed by atoms with Crippen molar-refractivity contribution in [1.29, 1.82) is 0 Å². The van der Waals surface area contributed by atoms with Gasteiger partial charge in [-0.2, -0.15) is 0 Å². The summed E-state index contributed by atoms with van der Waals surface area (Å²) in [6, 6.07) is 0. The zero-order chi connectivity index (χ0) is 12.6. The minimum absolute atomic E-state index is 0.766. The molecule has 0 amide bonds. The van der Waals surface area contributed by atoms with Crippen LogP contribution in [0.25, 0.3) is 5.57 Å². The van der Waals surface area contributed by atoms with Crippen LogP contribution in [0.1, 0.15) is 17.1 Å². The Labute approximate surface area is 97.8 Å². The highest BCUT2D eigenvalue weighted by Crippen LogP contribution is 2.16. The molecule has 0 N–H and O–H groups in total. The molecule has 0 saturated heterocycles. The first-order chi connectivity index (χ1) is 7.69. The van der Waals surface area contributed by atoms with E-state index < -0.39 is 0 Å². The highest BCUT2D eigenvalue weighted by molar-refractivity contribution is 5.73. The number of aryl methyl sites for hydroxylation is 2. The Balaban J connectivity index is 0.00000106. The van der Waals surface area contributed by atoms with Gasteiger partial charge in [0.05, 0.1) is 5.69 Å². The molecule has 2 heteroatoms. The van der Waals surface area contributed by atoms with Crippen LogP contribution in [0.5, 0.6) is 0 Å². The van der Waals surface area contributed by atoms with Gasteiger partial charge in [0, 0.05) is 6.20 Å². The Morgan fingerprint density at radius 2 is 1.88 bits per heavy atom. The molecule has 0 bridgehead atoms. The standard InChI is InChI=1S/C12H14N2.C2H4/c1-5-7-11(6-2)12-9(3)8-13-10(4)14-12;1-2/h5-8H,1-2H2,3-4H3;1-2H2/b11-7+;. The van der Waals surface area contributed by atoms with Crippen LogP contribution in [0, 0.1) is 13.8 Å². The van der Waals surface area contributed by atoms with Gasteiger partial charge in [-0.25, -0.2) is 9.97 Å². The number of nitrogens with zero attached hydrogens (tertiary/aromatic N) is 2. The second kappa shape index (κ2) is 7.35. The second-order valence-corrected chi connectivity index (χ2v) is 3.01. The van der Waals surface area contributed by atoms with E-state index in [1.165, 1.54) is 0 Å². The van der Waals surface area contributed by atoms with Crippen LogP contribution in [0.2, 0.25) is 0 Å². The van der Waals surface area contributed by atoms with Gasteiger partial charge in [-0.05, 0) is 25.0 Å². The normalized spacial score (nSPS) is 10.0. The van der Waals surface area contributed by atoms with Gasteiger partial charge >= 0.3 is 0 Å². The lowest BCUT2D eigenvalue weighted by Crippen LogP contribution is -1.96. The molecule has 1 aromatic rings. The van der Waals surface area contributed by atoms with E-state index in [0.717, 1.165) is 22.7 Å². The van der Waals surface area contributed by atoms with E-state index >= 15 is 0 Å². The van der Waals surface area contributed by atoms with Crippen molar-refractivity contribution in [2.24, 2.45) is 0 Å². The molecule has 16 heavy (non-hydrogen) atoms. The Hall–Kier alpha value is -1.96. The second-order valence-electron chi connectivity index (χ2n) is 3.01. The van der Waals surface area contributed by atoms with Crippen LogP contribution in [0.15, 0.2) is 50.7 Å². The van der Waals surface area contributed by atoms with Gasteiger partial charge in [-0.3, -0.25) is 0 Å². The van der Waals surface area contributed by atoms with Crippen LogP contribution in [-0.4, -0.2) is 9.97 Å². The molecule has 84 valence electrons.